The molecule has 0 radical (unpaired) electrons. The zero-order chi connectivity index (χ0) is 27.1. The lowest BCUT2D eigenvalue weighted by atomic mass is 9.92. The smallest absolute Gasteiger partial charge is 0.274 e. The number of rotatable bonds is 5. The van der Waals surface area contributed by atoms with Gasteiger partial charge in [-0.25, -0.2) is 4.39 Å². The second-order valence-corrected chi connectivity index (χ2v) is 10.5. The maximum atomic E-state index is 13.8. The SMILES string of the molecule is Cc1cc(Oc2c(C)cc(F)cc2C)cc(-c2cn(C)c(=O)c3[nH]c(C(=O)NC4CCC(N)CC4)cc23)c1. The predicted octanol–water partition coefficient (Wildman–Crippen LogP) is 5.39. The van der Waals surface area contributed by atoms with Gasteiger partial charge in [-0.2, -0.15) is 0 Å². The number of carbonyl (C=O) groups is 1. The van der Waals surface area contributed by atoms with Crippen molar-refractivity contribution in [3.63, 3.8) is 0 Å². The summed E-state index contributed by atoms with van der Waals surface area (Å²) in [6, 6.07) is 10.7. The first kappa shape index (κ1) is 25.7. The van der Waals surface area contributed by atoms with Gasteiger partial charge in [-0.15, -0.1) is 0 Å². The third kappa shape index (κ3) is 5.09. The van der Waals surface area contributed by atoms with E-state index in [1.54, 1.807) is 19.3 Å². The van der Waals surface area contributed by atoms with Crippen LogP contribution < -0.4 is 21.3 Å². The van der Waals surface area contributed by atoms with Crippen molar-refractivity contribution < 1.29 is 13.9 Å². The summed E-state index contributed by atoms with van der Waals surface area (Å²) in [6.07, 6.45) is 5.24. The average Bonchev–Trinajstić information content (AvgIpc) is 3.31. The van der Waals surface area contributed by atoms with Gasteiger partial charge in [0.05, 0.1) is 0 Å². The summed E-state index contributed by atoms with van der Waals surface area (Å²) in [4.78, 5) is 29.1. The fraction of sp³-hybridized carbons (Fsp3) is 0.333. The number of benzene rings is 2. The monoisotopic (exact) mass is 516 g/mol. The Morgan fingerprint density at radius 2 is 1.74 bits per heavy atom. The zero-order valence-electron chi connectivity index (χ0n) is 22.2. The van der Waals surface area contributed by atoms with Crippen LogP contribution in [0.5, 0.6) is 11.5 Å². The van der Waals surface area contributed by atoms with Crippen LogP contribution in [0.3, 0.4) is 0 Å². The highest BCUT2D eigenvalue weighted by molar-refractivity contribution is 6.02. The first-order valence-corrected chi connectivity index (χ1v) is 12.9. The normalized spacial score (nSPS) is 17.5. The number of amides is 1. The van der Waals surface area contributed by atoms with Crippen molar-refractivity contribution in [1.29, 1.82) is 0 Å². The summed E-state index contributed by atoms with van der Waals surface area (Å²) in [6.45, 7) is 5.59. The van der Waals surface area contributed by atoms with Gasteiger partial charge in [0.25, 0.3) is 11.5 Å². The molecule has 0 bridgehead atoms. The topological polar surface area (TPSA) is 102 Å². The Labute approximate surface area is 220 Å². The van der Waals surface area contributed by atoms with Crippen LogP contribution in [0.25, 0.3) is 22.0 Å². The Morgan fingerprint density at radius 1 is 1.05 bits per heavy atom. The molecular formula is C30H33FN4O3. The number of ether oxygens (including phenoxy) is 1. The molecule has 0 atom stereocenters. The van der Waals surface area contributed by atoms with E-state index in [0.717, 1.165) is 42.4 Å². The van der Waals surface area contributed by atoms with Gasteiger partial charge in [0.1, 0.15) is 28.5 Å². The lowest BCUT2D eigenvalue weighted by Crippen LogP contribution is -2.40. The number of fused-ring (bicyclic) bond motifs is 1. The molecule has 0 saturated heterocycles. The van der Waals surface area contributed by atoms with E-state index in [4.69, 9.17) is 10.5 Å². The molecule has 1 aliphatic carbocycles. The molecule has 38 heavy (non-hydrogen) atoms. The van der Waals surface area contributed by atoms with Crippen LogP contribution in [-0.2, 0) is 7.05 Å². The molecule has 0 aliphatic heterocycles. The van der Waals surface area contributed by atoms with Crippen molar-refractivity contribution in [1.82, 2.24) is 14.9 Å². The van der Waals surface area contributed by atoms with E-state index < -0.39 is 0 Å². The number of halogens is 1. The lowest BCUT2D eigenvalue weighted by Gasteiger charge is -2.26. The quantitative estimate of drug-likeness (QED) is 0.331. The number of hydrogen-bond acceptors (Lipinski definition) is 4. The minimum Gasteiger partial charge on any atom is -0.457 e. The maximum absolute atomic E-state index is 13.8. The predicted molar refractivity (Wildman–Crippen MR) is 147 cm³/mol. The summed E-state index contributed by atoms with van der Waals surface area (Å²) in [5, 5.41) is 3.75. The van der Waals surface area contributed by atoms with Crippen molar-refractivity contribution in [2.75, 3.05) is 0 Å². The highest BCUT2D eigenvalue weighted by Gasteiger charge is 2.23. The Morgan fingerprint density at radius 3 is 2.42 bits per heavy atom. The first-order chi connectivity index (χ1) is 18.1. The highest BCUT2D eigenvalue weighted by atomic mass is 19.1. The van der Waals surface area contributed by atoms with Crippen LogP contribution in [0.4, 0.5) is 4.39 Å². The second-order valence-electron chi connectivity index (χ2n) is 10.5. The minimum absolute atomic E-state index is 0.0749. The Kier molecular flexibility index (Phi) is 6.84. The van der Waals surface area contributed by atoms with E-state index in [1.807, 2.05) is 39.0 Å². The number of aryl methyl sites for hydroxylation is 4. The second kappa shape index (κ2) is 10.1. The summed E-state index contributed by atoms with van der Waals surface area (Å²) < 4.78 is 21.5. The third-order valence-electron chi connectivity index (χ3n) is 7.32. The van der Waals surface area contributed by atoms with Gasteiger partial charge in [-0.05, 0) is 99.0 Å². The fourth-order valence-electron chi connectivity index (χ4n) is 5.35. The van der Waals surface area contributed by atoms with Crippen molar-refractivity contribution in [3.8, 4) is 22.6 Å². The summed E-state index contributed by atoms with van der Waals surface area (Å²) in [5.41, 5.74) is 10.5. The number of aromatic amines is 1. The van der Waals surface area contributed by atoms with Crippen LogP contribution in [-0.4, -0.2) is 27.5 Å². The Hall–Kier alpha value is -3.91. The number of hydrogen-bond donors (Lipinski definition) is 3. The van der Waals surface area contributed by atoms with Gasteiger partial charge >= 0.3 is 0 Å². The number of aromatic nitrogens is 2. The van der Waals surface area contributed by atoms with Gasteiger partial charge in [-0.1, -0.05) is 6.07 Å². The van der Waals surface area contributed by atoms with E-state index in [9.17, 15) is 14.0 Å². The highest BCUT2D eigenvalue weighted by Crippen LogP contribution is 2.35. The molecule has 198 valence electrons. The molecule has 5 rings (SSSR count). The van der Waals surface area contributed by atoms with Gasteiger partial charge in [0.2, 0.25) is 0 Å². The molecule has 2 aromatic carbocycles. The van der Waals surface area contributed by atoms with E-state index in [-0.39, 0.29) is 29.4 Å². The van der Waals surface area contributed by atoms with Crippen LogP contribution in [0.2, 0.25) is 0 Å². The van der Waals surface area contributed by atoms with E-state index in [1.165, 1.54) is 16.7 Å². The molecule has 1 aliphatic rings. The van der Waals surface area contributed by atoms with Crippen molar-refractivity contribution >= 4 is 16.8 Å². The van der Waals surface area contributed by atoms with Crippen molar-refractivity contribution in [2.45, 2.75) is 58.5 Å². The zero-order valence-corrected chi connectivity index (χ0v) is 22.2. The van der Waals surface area contributed by atoms with Gasteiger partial charge in [0.15, 0.2) is 0 Å². The first-order valence-electron chi connectivity index (χ1n) is 12.9. The van der Waals surface area contributed by atoms with Crippen LogP contribution in [0.15, 0.2) is 47.4 Å². The number of H-pyrrole nitrogens is 1. The number of pyridine rings is 1. The molecular weight excluding hydrogens is 483 g/mol. The number of nitrogens with one attached hydrogen (secondary N) is 2. The van der Waals surface area contributed by atoms with Gasteiger partial charge < -0.3 is 25.3 Å². The molecule has 0 unspecified atom stereocenters. The molecule has 0 spiro atoms. The van der Waals surface area contributed by atoms with E-state index in [0.29, 0.717) is 39.2 Å². The largest absolute Gasteiger partial charge is 0.457 e. The summed E-state index contributed by atoms with van der Waals surface area (Å²) >= 11 is 0. The third-order valence-corrected chi connectivity index (χ3v) is 7.32. The number of nitrogens with zero attached hydrogens (tertiary/aromatic N) is 1. The van der Waals surface area contributed by atoms with E-state index in [2.05, 4.69) is 10.3 Å². The number of carbonyl (C=O) groups excluding carboxylic acids is 1. The molecule has 4 N–H and O–H groups in total. The molecule has 7 nitrogen and oxygen atoms in total. The summed E-state index contributed by atoms with van der Waals surface area (Å²) in [5.74, 6) is 0.677. The van der Waals surface area contributed by atoms with E-state index >= 15 is 0 Å². The maximum Gasteiger partial charge on any atom is 0.274 e. The van der Waals surface area contributed by atoms with Crippen molar-refractivity contribution in [2.24, 2.45) is 12.8 Å². The van der Waals surface area contributed by atoms with Gasteiger partial charge in [-0.3, -0.25) is 9.59 Å². The molecule has 4 aromatic rings. The summed E-state index contributed by atoms with van der Waals surface area (Å²) in [7, 11) is 1.69. The molecule has 2 heterocycles. The standard InChI is InChI=1S/C30H33FN4O3/c1-16-9-19(13-23(10-16)38-28-17(2)11-20(31)12-18(28)3)25-15-35(4)30(37)27-24(25)14-26(34-27)29(36)33-22-7-5-21(32)6-8-22/h9-15,21-22,34H,5-8,32H2,1-4H3,(H,33,36). The van der Waals surface area contributed by atoms with Crippen LogP contribution in [0, 0.1) is 26.6 Å². The van der Waals surface area contributed by atoms with Gasteiger partial charge in [0, 0.05) is 36.3 Å². The molecule has 2 aromatic heterocycles. The van der Waals surface area contributed by atoms with Crippen LogP contribution >= 0.6 is 0 Å². The average molecular weight is 517 g/mol. The number of nitrogens with two attached hydrogens (primary N) is 1. The molecule has 1 amide bonds. The Bertz CT molecular complexity index is 1570. The molecule has 1 saturated carbocycles. The van der Waals surface area contributed by atoms with Crippen molar-refractivity contribution in [3.05, 3.63) is 81.2 Å². The molecule has 8 heteroatoms. The van der Waals surface area contributed by atoms with Crippen LogP contribution in [0.1, 0.15) is 52.9 Å². The Balaban J connectivity index is 1.52. The minimum atomic E-state index is -0.302. The lowest BCUT2D eigenvalue weighted by molar-refractivity contribution is 0.0921. The fourth-order valence-corrected chi connectivity index (χ4v) is 5.35. The molecule has 1 fully saturated rings.